The van der Waals surface area contributed by atoms with Crippen molar-refractivity contribution in [1.29, 1.82) is 0 Å². The van der Waals surface area contributed by atoms with Crippen LogP contribution in [-0.4, -0.2) is 15.8 Å². The third-order valence-corrected chi connectivity index (χ3v) is 3.68. The number of rotatable bonds is 4. The first kappa shape index (κ1) is 15.7. The zero-order valence-corrected chi connectivity index (χ0v) is 13.1. The second-order valence-electron chi connectivity index (χ2n) is 5.47. The van der Waals surface area contributed by atoms with Gasteiger partial charge in [0.15, 0.2) is 5.58 Å². The number of benzene rings is 2. The van der Waals surface area contributed by atoms with Gasteiger partial charge in [-0.3, -0.25) is 14.9 Å². The fourth-order valence-corrected chi connectivity index (χ4v) is 2.42. The zero-order chi connectivity index (χ0) is 17.3. The number of carbonyl (C=O) groups is 1. The molecule has 7 heteroatoms. The summed E-state index contributed by atoms with van der Waals surface area (Å²) in [5.41, 5.74) is 2.14. The van der Waals surface area contributed by atoms with Gasteiger partial charge in [0.2, 0.25) is 5.89 Å². The number of nitro groups is 1. The molecule has 0 aliphatic carbocycles. The van der Waals surface area contributed by atoms with Crippen LogP contribution < -0.4 is 5.32 Å². The normalized spacial score (nSPS) is 12.1. The Labute approximate surface area is 137 Å². The Morgan fingerprint density at radius 3 is 2.71 bits per heavy atom. The maximum Gasteiger partial charge on any atom is 0.272 e. The van der Waals surface area contributed by atoms with Crippen LogP contribution in [0.25, 0.3) is 11.1 Å². The molecule has 1 atom stereocenters. The minimum Gasteiger partial charge on any atom is -0.438 e. The van der Waals surface area contributed by atoms with Crippen molar-refractivity contribution in [3.63, 3.8) is 0 Å². The number of aryl methyl sites for hydroxylation is 1. The molecule has 0 saturated heterocycles. The molecule has 0 saturated carbocycles. The number of oxazole rings is 1. The van der Waals surface area contributed by atoms with E-state index in [2.05, 4.69) is 10.3 Å². The van der Waals surface area contributed by atoms with E-state index in [-0.39, 0.29) is 11.6 Å². The van der Waals surface area contributed by atoms with E-state index in [0.29, 0.717) is 22.6 Å². The average molecular weight is 325 g/mol. The molecule has 24 heavy (non-hydrogen) atoms. The molecule has 1 heterocycles. The molecule has 0 aliphatic heterocycles. The Morgan fingerprint density at radius 2 is 2.04 bits per heavy atom. The minimum atomic E-state index is -0.474. The number of nitrogens with zero attached hydrogens (tertiary/aromatic N) is 2. The highest BCUT2D eigenvalue weighted by Crippen LogP contribution is 2.21. The van der Waals surface area contributed by atoms with Gasteiger partial charge in [-0.25, -0.2) is 4.98 Å². The molecule has 2 aromatic carbocycles. The number of fused-ring (bicyclic) bond motifs is 1. The SMILES string of the molecule is Cc1cc(C(=O)NC(C)c2nc3ccccc3o2)ccc1[N+](=O)[O-]. The second kappa shape index (κ2) is 6.11. The molecular formula is C17H15N3O4. The first-order valence-electron chi connectivity index (χ1n) is 7.37. The lowest BCUT2D eigenvalue weighted by Gasteiger charge is -2.10. The summed E-state index contributed by atoms with van der Waals surface area (Å²) in [6.07, 6.45) is 0. The number of nitrogens with one attached hydrogen (secondary N) is 1. The molecule has 0 fully saturated rings. The lowest BCUT2D eigenvalue weighted by molar-refractivity contribution is -0.385. The molecule has 3 rings (SSSR count). The summed E-state index contributed by atoms with van der Waals surface area (Å²) in [5, 5.41) is 13.6. The van der Waals surface area contributed by atoms with Crippen molar-refractivity contribution in [2.45, 2.75) is 19.9 Å². The molecule has 1 aromatic heterocycles. The second-order valence-corrected chi connectivity index (χ2v) is 5.47. The highest BCUT2D eigenvalue weighted by atomic mass is 16.6. The number of para-hydroxylation sites is 2. The van der Waals surface area contributed by atoms with Gasteiger partial charge >= 0.3 is 0 Å². The quantitative estimate of drug-likeness (QED) is 0.584. The van der Waals surface area contributed by atoms with Gasteiger partial charge in [-0.1, -0.05) is 12.1 Å². The Kier molecular flexibility index (Phi) is 3.99. The lowest BCUT2D eigenvalue weighted by Crippen LogP contribution is -2.26. The van der Waals surface area contributed by atoms with Gasteiger partial charge in [0.25, 0.3) is 11.6 Å². The Balaban J connectivity index is 1.78. The number of carbonyl (C=O) groups excluding carboxylic acids is 1. The number of amides is 1. The van der Waals surface area contributed by atoms with Crippen molar-refractivity contribution in [2.24, 2.45) is 0 Å². The maximum absolute atomic E-state index is 12.3. The van der Waals surface area contributed by atoms with Gasteiger partial charge in [-0.05, 0) is 38.1 Å². The van der Waals surface area contributed by atoms with Crippen LogP contribution in [0.3, 0.4) is 0 Å². The fraction of sp³-hybridized carbons (Fsp3) is 0.176. The van der Waals surface area contributed by atoms with Crippen molar-refractivity contribution in [3.05, 3.63) is 69.6 Å². The molecule has 0 bridgehead atoms. The van der Waals surface area contributed by atoms with Crippen molar-refractivity contribution in [3.8, 4) is 0 Å². The third-order valence-electron chi connectivity index (χ3n) is 3.68. The molecule has 3 aromatic rings. The molecule has 1 unspecified atom stereocenters. The van der Waals surface area contributed by atoms with Gasteiger partial charge in [0.1, 0.15) is 11.6 Å². The molecule has 1 N–H and O–H groups in total. The zero-order valence-electron chi connectivity index (χ0n) is 13.1. The highest BCUT2D eigenvalue weighted by molar-refractivity contribution is 5.95. The average Bonchev–Trinajstić information content (AvgIpc) is 2.98. The van der Waals surface area contributed by atoms with Crippen LogP contribution >= 0.6 is 0 Å². The van der Waals surface area contributed by atoms with Crippen LogP contribution in [0.15, 0.2) is 46.9 Å². The van der Waals surface area contributed by atoms with Crippen LogP contribution in [0.1, 0.15) is 34.8 Å². The first-order valence-corrected chi connectivity index (χ1v) is 7.37. The van der Waals surface area contributed by atoms with Gasteiger partial charge in [-0.15, -0.1) is 0 Å². The van der Waals surface area contributed by atoms with Gasteiger partial charge < -0.3 is 9.73 Å². The third kappa shape index (κ3) is 2.96. The highest BCUT2D eigenvalue weighted by Gasteiger charge is 2.18. The summed E-state index contributed by atoms with van der Waals surface area (Å²) in [4.78, 5) is 27.0. The van der Waals surface area contributed by atoms with Crippen LogP contribution in [0.4, 0.5) is 5.69 Å². The lowest BCUT2D eigenvalue weighted by atomic mass is 10.1. The van der Waals surface area contributed by atoms with Gasteiger partial charge in [-0.2, -0.15) is 0 Å². The van der Waals surface area contributed by atoms with E-state index >= 15 is 0 Å². The summed E-state index contributed by atoms with van der Waals surface area (Å²) in [7, 11) is 0. The van der Waals surface area contributed by atoms with E-state index in [1.165, 1.54) is 18.2 Å². The summed E-state index contributed by atoms with van der Waals surface area (Å²) < 4.78 is 5.63. The van der Waals surface area contributed by atoms with Crippen molar-refractivity contribution >= 4 is 22.7 Å². The molecule has 0 radical (unpaired) electrons. The van der Waals surface area contributed by atoms with Crippen LogP contribution in [0, 0.1) is 17.0 Å². The molecule has 1 amide bonds. The van der Waals surface area contributed by atoms with Crippen LogP contribution in [-0.2, 0) is 0 Å². The summed E-state index contributed by atoms with van der Waals surface area (Å²) >= 11 is 0. The van der Waals surface area contributed by atoms with E-state index in [1.54, 1.807) is 19.9 Å². The number of nitro benzene ring substituents is 1. The van der Waals surface area contributed by atoms with Crippen molar-refractivity contribution in [2.75, 3.05) is 0 Å². The van der Waals surface area contributed by atoms with Crippen LogP contribution in [0.5, 0.6) is 0 Å². The van der Waals surface area contributed by atoms with Crippen LogP contribution in [0.2, 0.25) is 0 Å². The predicted octanol–water partition coefficient (Wildman–Crippen LogP) is 3.54. The molecule has 122 valence electrons. The van der Waals surface area contributed by atoms with E-state index in [4.69, 9.17) is 4.42 Å². The monoisotopic (exact) mass is 325 g/mol. The van der Waals surface area contributed by atoms with E-state index in [0.717, 1.165) is 5.52 Å². The minimum absolute atomic E-state index is 0.0152. The molecule has 7 nitrogen and oxygen atoms in total. The van der Waals surface area contributed by atoms with E-state index < -0.39 is 11.0 Å². The number of aromatic nitrogens is 1. The summed E-state index contributed by atoms with van der Waals surface area (Å²) in [6.45, 7) is 3.36. The Hall–Kier alpha value is -3.22. The molecule has 0 aliphatic rings. The summed E-state index contributed by atoms with van der Waals surface area (Å²) in [6, 6.07) is 11.2. The van der Waals surface area contributed by atoms with E-state index in [1.807, 2.05) is 18.2 Å². The molecule has 0 spiro atoms. The summed E-state index contributed by atoms with van der Waals surface area (Å²) in [5.74, 6) is 0.0611. The smallest absolute Gasteiger partial charge is 0.272 e. The standard InChI is InChI=1S/C17H15N3O4/c1-10-9-12(7-8-14(10)20(22)23)16(21)18-11(2)17-19-13-5-3-4-6-15(13)24-17/h3-9,11H,1-2H3,(H,18,21). The van der Waals surface area contributed by atoms with Gasteiger partial charge in [0.05, 0.1) is 4.92 Å². The van der Waals surface area contributed by atoms with Gasteiger partial charge in [0, 0.05) is 17.2 Å². The van der Waals surface area contributed by atoms with Crippen molar-refractivity contribution < 1.29 is 14.1 Å². The number of hydrogen-bond acceptors (Lipinski definition) is 5. The molecular weight excluding hydrogens is 310 g/mol. The number of hydrogen-bond donors (Lipinski definition) is 1. The predicted molar refractivity (Wildman–Crippen MR) is 87.7 cm³/mol. The first-order chi connectivity index (χ1) is 11.5. The van der Waals surface area contributed by atoms with E-state index in [9.17, 15) is 14.9 Å². The largest absolute Gasteiger partial charge is 0.438 e. The fourth-order valence-electron chi connectivity index (χ4n) is 2.42. The Morgan fingerprint density at radius 1 is 1.29 bits per heavy atom. The van der Waals surface area contributed by atoms with Crippen molar-refractivity contribution in [1.82, 2.24) is 10.3 Å². The topological polar surface area (TPSA) is 98.3 Å². The maximum atomic E-state index is 12.3. The Bertz CT molecular complexity index is 899.